The van der Waals surface area contributed by atoms with Gasteiger partial charge in [-0.1, -0.05) is 12.1 Å². The van der Waals surface area contributed by atoms with Crippen LogP contribution < -0.4 is 15.4 Å². The fraction of sp³-hybridized carbons (Fsp3) is 0.333. The lowest BCUT2D eigenvalue weighted by Crippen LogP contribution is -2.37. The molecule has 136 valence electrons. The Morgan fingerprint density at radius 1 is 1.32 bits per heavy atom. The second kappa shape index (κ2) is 8.17. The zero-order valence-electron chi connectivity index (χ0n) is 13.1. The van der Waals surface area contributed by atoms with Gasteiger partial charge in [-0.3, -0.25) is 0 Å². The highest BCUT2D eigenvalue weighted by Gasteiger charge is 2.31. The Labute approximate surface area is 145 Å². The summed E-state index contributed by atoms with van der Waals surface area (Å²) in [5.41, 5.74) is 1.22. The molecule has 1 atom stereocenters. The molecule has 6 nitrogen and oxygen atoms in total. The predicted octanol–water partition coefficient (Wildman–Crippen LogP) is 2.88. The molecule has 0 aliphatic rings. The van der Waals surface area contributed by atoms with Crippen molar-refractivity contribution in [2.45, 2.75) is 25.9 Å². The number of amides is 2. The average molecular weight is 375 g/mol. The Bertz CT molecular complexity index is 704. The summed E-state index contributed by atoms with van der Waals surface area (Å²) < 4.78 is 40.0. The van der Waals surface area contributed by atoms with Crippen LogP contribution in [0.15, 0.2) is 29.6 Å². The van der Waals surface area contributed by atoms with Gasteiger partial charge in [-0.25, -0.2) is 9.78 Å². The summed E-state index contributed by atoms with van der Waals surface area (Å²) in [5, 5.41) is 17.7. The standard InChI is InChI=1S/C15H16F3N3O3S/c1-9-8-25-13(21-9)7-20-14(23)19-6-12(22)10-2-4-11(5-3-10)24-15(16,17)18/h2-5,8,12,22H,6-7H2,1H3,(H2,19,20,23)/t12-/m1/s1. The molecule has 0 aliphatic carbocycles. The topological polar surface area (TPSA) is 83.5 Å². The number of nitrogens with one attached hydrogen (secondary N) is 2. The summed E-state index contributed by atoms with van der Waals surface area (Å²) in [6.45, 7) is 2.02. The largest absolute Gasteiger partial charge is 0.573 e. The normalized spacial score (nSPS) is 12.5. The molecule has 0 saturated heterocycles. The second-order valence-electron chi connectivity index (χ2n) is 5.08. The van der Waals surface area contributed by atoms with Crippen molar-refractivity contribution in [2.75, 3.05) is 6.54 Å². The van der Waals surface area contributed by atoms with E-state index in [1.54, 1.807) is 0 Å². The number of hydrogen-bond donors (Lipinski definition) is 3. The summed E-state index contributed by atoms with van der Waals surface area (Å²) in [6, 6.07) is 4.30. The smallest absolute Gasteiger partial charge is 0.406 e. The van der Waals surface area contributed by atoms with Crippen LogP contribution in [-0.2, 0) is 6.54 Å². The molecule has 0 spiro atoms. The lowest BCUT2D eigenvalue weighted by molar-refractivity contribution is -0.274. The maximum Gasteiger partial charge on any atom is 0.573 e. The minimum absolute atomic E-state index is 0.0950. The zero-order valence-corrected chi connectivity index (χ0v) is 13.9. The molecule has 0 fully saturated rings. The van der Waals surface area contributed by atoms with Gasteiger partial charge in [0, 0.05) is 17.6 Å². The van der Waals surface area contributed by atoms with Crippen molar-refractivity contribution in [3.05, 3.63) is 45.9 Å². The molecule has 0 unspecified atom stereocenters. The molecule has 25 heavy (non-hydrogen) atoms. The van der Waals surface area contributed by atoms with Crippen LogP contribution in [0, 0.1) is 6.92 Å². The Balaban J connectivity index is 1.77. The number of rotatable bonds is 6. The van der Waals surface area contributed by atoms with Crippen molar-refractivity contribution < 1.29 is 27.8 Å². The number of alkyl halides is 3. The van der Waals surface area contributed by atoms with Crippen LogP contribution in [0.4, 0.5) is 18.0 Å². The summed E-state index contributed by atoms with van der Waals surface area (Å²) in [6.07, 6.45) is -5.83. The number of aliphatic hydroxyl groups is 1. The molecule has 2 aromatic rings. The minimum Gasteiger partial charge on any atom is -0.406 e. The van der Waals surface area contributed by atoms with E-state index in [0.29, 0.717) is 5.56 Å². The Morgan fingerprint density at radius 2 is 2.00 bits per heavy atom. The van der Waals surface area contributed by atoms with Gasteiger partial charge in [0.05, 0.1) is 12.6 Å². The maximum absolute atomic E-state index is 12.1. The van der Waals surface area contributed by atoms with Crippen molar-refractivity contribution in [3.63, 3.8) is 0 Å². The monoisotopic (exact) mass is 375 g/mol. The number of carbonyl (C=O) groups is 1. The Hall–Kier alpha value is -2.33. The molecule has 0 bridgehead atoms. The molecular formula is C15H16F3N3O3S. The van der Waals surface area contributed by atoms with Crippen LogP contribution in [0.25, 0.3) is 0 Å². The number of aromatic nitrogens is 1. The van der Waals surface area contributed by atoms with Gasteiger partial charge in [0.15, 0.2) is 0 Å². The number of benzene rings is 1. The van der Waals surface area contributed by atoms with Gasteiger partial charge in [-0.15, -0.1) is 24.5 Å². The summed E-state index contributed by atoms with van der Waals surface area (Å²) >= 11 is 1.42. The fourth-order valence-corrected chi connectivity index (χ4v) is 2.61. The third-order valence-corrected chi connectivity index (χ3v) is 3.99. The first-order chi connectivity index (χ1) is 11.7. The van der Waals surface area contributed by atoms with E-state index in [0.717, 1.165) is 22.8 Å². The van der Waals surface area contributed by atoms with Crippen molar-refractivity contribution in [3.8, 4) is 5.75 Å². The number of aryl methyl sites for hydroxylation is 1. The first-order valence-corrected chi connectivity index (χ1v) is 8.07. The third kappa shape index (κ3) is 6.59. The van der Waals surface area contributed by atoms with Gasteiger partial charge in [-0.2, -0.15) is 0 Å². The minimum atomic E-state index is -4.77. The molecule has 1 aromatic carbocycles. The predicted molar refractivity (Wildman–Crippen MR) is 85.2 cm³/mol. The molecule has 3 N–H and O–H groups in total. The van der Waals surface area contributed by atoms with Gasteiger partial charge in [-0.05, 0) is 24.6 Å². The van der Waals surface area contributed by atoms with E-state index in [4.69, 9.17) is 0 Å². The van der Waals surface area contributed by atoms with Crippen molar-refractivity contribution in [2.24, 2.45) is 0 Å². The van der Waals surface area contributed by atoms with Crippen molar-refractivity contribution in [1.29, 1.82) is 0 Å². The molecule has 10 heteroatoms. The summed E-state index contributed by atoms with van der Waals surface area (Å²) in [4.78, 5) is 15.9. The Kier molecular flexibility index (Phi) is 6.21. The van der Waals surface area contributed by atoms with Gasteiger partial charge < -0.3 is 20.5 Å². The fourth-order valence-electron chi connectivity index (χ4n) is 1.90. The van der Waals surface area contributed by atoms with E-state index < -0.39 is 18.5 Å². The maximum atomic E-state index is 12.1. The molecule has 2 rings (SSSR count). The first-order valence-electron chi connectivity index (χ1n) is 7.19. The molecule has 2 amide bonds. The van der Waals surface area contributed by atoms with E-state index in [2.05, 4.69) is 20.4 Å². The zero-order chi connectivity index (χ0) is 18.4. The van der Waals surface area contributed by atoms with E-state index in [9.17, 15) is 23.1 Å². The van der Waals surface area contributed by atoms with Crippen molar-refractivity contribution in [1.82, 2.24) is 15.6 Å². The molecule has 0 aliphatic heterocycles. The molecular weight excluding hydrogens is 359 g/mol. The molecule has 0 saturated carbocycles. The number of nitrogens with zero attached hydrogens (tertiary/aromatic N) is 1. The summed E-state index contributed by atoms with van der Waals surface area (Å²) in [5.74, 6) is -0.382. The second-order valence-corrected chi connectivity index (χ2v) is 6.02. The van der Waals surface area contributed by atoms with E-state index in [1.165, 1.54) is 23.5 Å². The van der Waals surface area contributed by atoms with Crippen LogP contribution in [0.1, 0.15) is 22.4 Å². The van der Waals surface area contributed by atoms with E-state index in [1.807, 2.05) is 12.3 Å². The van der Waals surface area contributed by atoms with E-state index >= 15 is 0 Å². The van der Waals surface area contributed by atoms with Crippen LogP contribution >= 0.6 is 11.3 Å². The van der Waals surface area contributed by atoms with Crippen LogP contribution in [0.5, 0.6) is 5.75 Å². The van der Waals surface area contributed by atoms with Gasteiger partial charge >= 0.3 is 12.4 Å². The Morgan fingerprint density at radius 3 is 2.56 bits per heavy atom. The molecule has 1 aromatic heterocycles. The number of hydrogen-bond acceptors (Lipinski definition) is 5. The number of thiazole rings is 1. The molecule has 1 heterocycles. The van der Waals surface area contributed by atoms with Crippen LogP contribution in [0.3, 0.4) is 0 Å². The third-order valence-electron chi connectivity index (χ3n) is 3.02. The highest BCUT2D eigenvalue weighted by molar-refractivity contribution is 7.09. The van der Waals surface area contributed by atoms with Crippen molar-refractivity contribution >= 4 is 17.4 Å². The number of urea groups is 1. The number of carbonyl (C=O) groups excluding carboxylic acids is 1. The van der Waals surface area contributed by atoms with E-state index in [-0.39, 0.29) is 18.8 Å². The lowest BCUT2D eigenvalue weighted by Gasteiger charge is -2.14. The van der Waals surface area contributed by atoms with Crippen LogP contribution in [0.2, 0.25) is 0 Å². The quantitative estimate of drug-likeness (QED) is 0.725. The number of ether oxygens (including phenoxy) is 1. The van der Waals surface area contributed by atoms with Gasteiger partial charge in [0.1, 0.15) is 10.8 Å². The SMILES string of the molecule is Cc1csc(CNC(=O)NC[C@@H](O)c2ccc(OC(F)(F)F)cc2)n1. The highest BCUT2D eigenvalue weighted by atomic mass is 32.1. The van der Waals surface area contributed by atoms with Gasteiger partial charge in [0.2, 0.25) is 0 Å². The highest BCUT2D eigenvalue weighted by Crippen LogP contribution is 2.24. The average Bonchev–Trinajstić information content (AvgIpc) is 2.95. The lowest BCUT2D eigenvalue weighted by atomic mass is 10.1. The summed E-state index contributed by atoms with van der Waals surface area (Å²) in [7, 11) is 0. The number of halogens is 3. The molecule has 0 radical (unpaired) electrons. The van der Waals surface area contributed by atoms with Gasteiger partial charge in [0.25, 0.3) is 0 Å². The first kappa shape index (κ1) is 19.0. The van der Waals surface area contributed by atoms with Crippen LogP contribution in [-0.4, -0.2) is 29.0 Å². The number of aliphatic hydroxyl groups excluding tert-OH is 1.